The number of Topliss-reactive ketones (excluding diaryl/α,β-unsaturated/α-hetero) is 1. The van der Waals surface area contributed by atoms with E-state index in [1.165, 1.54) is 12.1 Å². The third-order valence-corrected chi connectivity index (χ3v) is 5.50. The zero-order chi connectivity index (χ0) is 28.4. The number of nitrogens with one attached hydrogen (secondary N) is 1. The van der Waals surface area contributed by atoms with Crippen molar-refractivity contribution < 1.29 is 32.2 Å². The van der Waals surface area contributed by atoms with Gasteiger partial charge in [0, 0.05) is 12.8 Å². The monoisotopic (exact) mass is 541 g/mol. The van der Waals surface area contributed by atoms with Crippen molar-refractivity contribution in [2.75, 3.05) is 17.7 Å². The molecule has 0 saturated heterocycles. The number of anilines is 2. The van der Waals surface area contributed by atoms with Crippen LogP contribution in [-0.4, -0.2) is 34.4 Å². The largest absolute Gasteiger partial charge is 0.477 e. The quantitative estimate of drug-likeness (QED) is 0.318. The van der Waals surface area contributed by atoms with Gasteiger partial charge in [0.15, 0.2) is 17.2 Å². The van der Waals surface area contributed by atoms with Crippen LogP contribution in [0, 0.1) is 11.3 Å². The molecule has 1 heterocycles. The van der Waals surface area contributed by atoms with Crippen LogP contribution in [0.3, 0.4) is 0 Å². The first-order valence-electron chi connectivity index (χ1n) is 12.0. The number of hydrogen-bond donors (Lipinski definition) is 2. The van der Waals surface area contributed by atoms with Crippen LogP contribution < -0.4 is 15.8 Å². The van der Waals surface area contributed by atoms with Crippen molar-refractivity contribution in [1.29, 1.82) is 5.26 Å². The molecule has 0 unspecified atom stereocenters. The standard InChI is InChI=1S/C27H26F3N5O4/c1-2-38-25-20(15-31)24(34-26(32)35-25)33-21(11-12-23(37)39-16-17-7-4-3-5-8-17)22(36)14-18-9-6-10-19(13-18)27(28,29)30/h3-10,13,21H,2,11-12,14,16H2,1H3,(H3,32,33,34,35)/t21-/m0/s1. The molecular formula is C27H26F3N5O4. The van der Waals surface area contributed by atoms with Crippen LogP contribution in [0.2, 0.25) is 0 Å². The second-order valence-electron chi connectivity index (χ2n) is 8.38. The number of carbonyl (C=O) groups is 2. The summed E-state index contributed by atoms with van der Waals surface area (Å²) in [6.07, 6.45) is -5.24. The number of nitriles is 1. The number of ketones is 1. The average Bonchev–Trinajstić information content (AvgIpc) is 2.90. The maximum Gasteiger partial charge on any atom is 0.416 e. The van der Waals surface area contributed by atoms with Crippen molar-refractivity contribution in [3.8, 4) is 11.9 Å². The molecule has 1 atom stereocenters. The number of hydrogen-bond acceptors (Lipinski definition) is 9. The predicted molar refractivity (Wildman–Crippen MR) is 135 cm³/mol. The number of nitrogens with two attached hydrogens (primary N) is 1. The van der Waals surface area contributed by atoms with Crippen molar-refractivity contribution in [3.05, 3.63) is 76.9 Å². The van der Waals surface area contributed by atoms with Crippen molar-refractivity contribution >= 4 is 23.5 Å². The molecule has 0 saturated carbocycles. The summed E-state index contributed by atoms with van der Waals surface area (Å²) in [5.74, 6) is -1.56. The highest BCUT2D eigenvalue weighted by atomic mass is 19.4. The molecule has 0 aliphatic carbocycles. The zero-order valence-electron chi connectivity index (χ0n) is 21.0. The summed E-state index contributed by atoms with van der Waals surface area (Å²) in [6, 6.07) is 14.2. The van der Waals surface area contributed by atoms with E-state index in [9.17, 15) is 28.0 Å². The Labute approximate surface area is 222 Å². The van der Waals surface area contributed by atoms with Gasteiger partial charge in [-0.1, -0.05) is 48.5 Å². The van der Waals surface area contributed by atoms with Crippen molar-refractivity contribution in [1.82, 2.24) is 9.97 Å². The molecule has 3 rings (SSSR count). The van der Waals surface area contributed by atoms with E-state index in [1.807, 2.05) is 12.1 Å². The molecular weight excluding hydrogens is 515 g/mol. The molecule has 0 aliphatic rings. The smallest absolute Gasteiger partial charge is 0.416 e. The van der Waals surface area contributed by atoms with Gasteiger partial charge in [0.1, 0.15) is 12.7 Å². The molecule has 3 aromatic rings. The van der Waals surface area contributed by atoms with Crippen LogP contribution in [-0.2, 0) is 33.5 Å². The molecule has 39 heavy (non-hydrogen) atoms. The number of nitrogen functional groups attached to an aromatic ring is 1. The predicted octanol–water partition coefficient (Wildman–Crippen LogP) is 4.46. The Hall–Kier alpha value is -4.66. The fourth-order valence-corrected chi connectivity index (χ4v) is 3.64. The fraction of sp³-hybridized carbons (Fsp3) is 0.296. The van der Waals surface area contributed by atoms with E-state index < -0.39 is 29.5 Å². The molecule has 0 bridgehead atoms. The highest BCUT2D eigenvalue weighted by Gasteiger charge is 2.31. The Morgan fingerprint density at radius 3 is 2.49 bits per heavy atom. The van der Waals surface area contributed by atoms with Gasteiger partial charge in [0.2, 0.25) is 11.8 Å². The van der Waals surface area contributed by atoms with E-state index >= 15 is 0 Å². The molecule has 9 nitrogen and oxygen atoms in total. The second-order valence-corrected chi connectivity index (χ2v) is 8.38. The molecule has 3 N–H and O–H groups in total. The van der Waals surface area contributed by atoms with Gasteiger partial charge in [0.05, 0.1) is 18.2 Å². The van der Waals surface area contributed by atoms with Gasteiger partial charge in [-0.05, 0) is 30.5 Å². The molecule has 204 valence electrons. The minimum atomic E-state index is -4.57. The summed E-state index contributed by atoms with van der Waals surface area (Å²) in [4.78, 5) is 33.6. The Balaban J connectivity index is 1.82. The number of aromatic nitrogens is 2. The van der Waals surface area contributed by atoms with Crippen LogP contribution in [0.4, 0.5) is 24.9 Å². The summed E-state index contributed by atoms with van der Waals surface area (Å²) in [6.45, 7) is 1.89. The maximum absolute atomic E-state index is 13.3. The number of benzene rings is 2. The summed E-state index contributed by atoms with van der Waals surface area (Å²) in [5, 5.41) is 12.5. The zero-order valence-corrected chi connectivity index (χ0v) is 21.0. The number of nitrogens with zero attached hydrogens (tertiary/aromatic N) is 3. The van der Waals surface area contributed by atoms with Gasteiger partial charge >= 0.3 is 12.1 Å². The van der Waals surface area contributed by atoms with E-state index in [1.54, 1.807) is 31.2 Å². The third-order valence-electron chi connectivity index (χ3n) is 5.50. The van der Waals surface area contributed by atoms with Crippen molar-refractivity contribution in [3.63, 3.8) is 0 Å². The van der Waals surface area contributed by atoms with Crippen LogP contribution in [0.15, 0.2) is 54.6 Å². The Morgan fingerprint density at radius 1 is 1.10 bits per heavy atom. The fourth-order valence-electron chi connectivity index (χ4n) is 3.64. The topological polar surface area (TPSA) is 140 Å². The first-order valence-corrected chi connectivity index (χ1v) is 12.0. The number of alkyl halides is 3. The van der Waals surface area contributed by atoms with Crippen LogP contribution >= 0.6 is 0 Å². The maximum atomic E-state index is 13.3. The lowest BCUT2D eigenvalue weighted by Gasteiger charge is -2.20. The van der Waals surface area contributed by atoms with Gasteiger partial charge in [-0.2, -0.15) is 28.4 Å². The first-order chi connectivity index (χ1) is 18.6. The lowest BCUT2D eigenvalue weighted by atomic mass is 9.98. The Morgan fingerprint density at radius 2 is 1.82 bits per heavy atom. The number of ether oxygens (including phenoxy) is 2. The number of esters is 1. The lowest BCUT2D eigenvalue weighted by Crippen LogP contribution is -2.33. The molecule has 0 spiro atoms. The highest BCUT2D eigenvalue weighted by molar-refractivity contribution is 5.89. The SMILES string of the molecule is CCOc1nc(N)nc(N[C@@H](CCC(=O)OCc2ccccc2)C(=O)Cc2cccc(C(F)(F)F)c2)c1C#N. The Kier molecular flexibility index (Phi) is 9.80. The molecule has 12 heteroatoms. The van der Waals surface area contributed by atoms with Gasteiger partial charge < -0.3 is 20.5 Å². The molecule has 1 aromatic heterocycles. The van der Waals surface area contributed by atoms with E-state index in [0.29, 0.717) is 0 Å². The summed E-state index contributed by atoms with van der Waals surface area (Å²) >= 11 is 0. The van der Waals surface area contributed by atoms with Crippen molar-refractivity contribution in [2.45, 2.75) is 45.0 Å². The van der Waals surface area contributed by atoms with E-state index in [2.05, 4.69) is 15.3 Å². The average molecular weight is 542 g/mol. The molecule has 0 amide bonds. The first kappa shape index (κ1) is 28.9. The number of halogens is 3. The van der Waals surface area contributed by atoms with Gasteiger partial charge in [-0.25, -0.2) is 0 Å². The van der Waals surface area contributed by atoms with Crippen molar-refractivity contribution in [2.24, 2.45) is 0 Å². The highest BCUT2D eigenvalue weighted by Crippen LogP contribution is 2.30. The lowest BCUT2D eigenvalue weighted by molar-refractivity contribution is -0.145. The van der Waals surface area contributed by atoms with E-state index in [4.69, 9.17) is 15.2 Å². The summed E-state index contributed by atoms with van der Waals surface area (Å²) in [5.41, 5.74) is 5.65. The van der Waals surface area contributed by atoms with Gasteiger partial charge in [-0.3, -0.25) is 9.59 Å². The van der Waals surface area contributed by atoms with Crippen LogP contribution in [0.5, 0.6) is 5.88 Å². The third kappa shape index (κ3) is 8.43. The summed E-state index contributed by atoms with van der Waals surface area (Å²) < 4.78 is 50.1. The molecule has 0 radical (unpaired) electrons. The molecule has 0 aliphatic heterocycles. The van der Waals surface area contributed by atoms with Gasteiger partial charge in [0.25, 0.3) is 0 Å². The minimum absolute atomic E-state index is 0.0364. The Bertz CT molecular complexity index is 1340. The normalized spacial score (nSPS) is 11.8. The minimum Gasteiger partial charge on any atom is -0.477 e. The van der Waals surface area contributed by atoms with E-state index in [0.717, 1.165) is 17.7 Å². The molecule has 2 aromatic carbocycles. The van der Waals surface area contributed by atoms with Crippen LogP contribution in [0.25, 0.3) is 0 Å². The molecule has 0 fully saturated rings. The second kappa shape index (κ2) is 13.2. The summed E-state index contributed by atoms with van der Waals surface area (Å²) in [7, 11) is 0. The van der Waals surface area contributed by atoms with Gasteiger partial charge in [-0.15, -0.1) is 0 Å². The van der Waals surface area contributed by atoms with E-state index in [-0.39, 0.29) is 61.2 Å². The van der Waals surface area contributed by atoms with Crippen LogP contribution in [0.1, 0.15) is 42.0 Å². The number of rotatable bonds is 12. The number of carbonyl (C=O) groups excluding carboxylic acids is 2.